The van der Waals surface area contributed by atoms with E-state index in [-0.39, 0.29) is 12.1 Å². The first-order valence-corrected chi connectivity index (χ1v) is 13.2. The van der Waals surface area contributed by atoms with Crippen molar-refractivity contribution in [2.75, 3.05) is 0 Å². The molecule has 1 atom stereocenters. The maximum Gasteiger partial charge on any atom is 0.338 e. The van der Waals surface area contributed by atoms with Crippen LogP contribution < -0.4 is 0 Å². The van der Waals surface area contributed by atoms with Crippen LogP contribution in [0.25, 0.3) is 5.57 Å². The highest BCUT2D eigenvalue weighted by molar-refractivity contribution is 5.90. The zero-order valence-electron chi connectivity index (χ0n) is 20.0. The van der Waals surface area contributed by atoms with E-state index in [2.05, 4.69) is 32.1 Å². The number of benzene rings is 1. The fraction of sp³-hybridized carbons (Fsp3) is 0.690. The van der Waals surface area contributed by atoms with Crippen LogP contribution in [0.4, 0.5) is 0 Å². The summed E-state index contributed by atoms with van der Waals surface area (Å²) in [6.07, 6.45) is 21.5. The molecule has 1 saturated carbocycles. The van der Waals surface area contributed by atoms with Gasteiger partial charge in [-0.3, -0.25) is 0 Å². The van der Waals surface area contributed by atoms with Crippen LogP contribution in [0.3, 0.4) is 0 Å². The maximum atomic E-state index is 12.6. The van der Waals surface area contributed by atoms with Gasteiger partial charge in [0.2, 0.25) is 0 Å². The third-order valence-electron chi connectivity index (χ3n) is 7.51. The third-order valence-corrected chi connectivity index (χ3v) is 7.51. The molecule has 1 unspecified atom stereocenters. The Morgan fingerprint density at radius 1 is 0.839 bits per heavy atom. The van der Waals surface area contributed by atoms with Crippen molar-refractivity contribution in [1.82, 2.24) is 0 Å². The number of hydrogen-bond acceptors (Lipinski definition) is 2. The van der Waals surface area contributed by atoms with E-state index >= 15 is 0 Å². The highest BCUT2D eigenvalue weighted by atomic mass is 16.5. The first kappa shape index (κ1) is 24.1. The average molecular weight is 425 g/mol. The van der Waals surface area contributed by atoms with Crippen molar-refractivity contribution in [2.45, 2.75) is 116 Å². The summed E-state index contributed by atoms with van der Waals surface area (Å²) in [6, 6.07) is 8.14. The largest absolute Gasteiger partial charge is 0.459 e. The van der Waals surface area contributed by atoms with E-state index in [4.69, 9.17) is 4.74 Å². The van der Waals surface area contributed by atoms with Crippen molar-refractivity contribution in [3.63, 3.8) is 0 Å². The Bertz CT molecular complexity index is 679. The average Bonchev–Trinajstić information content (AvgIpc) is 2.82. The molecule has 0 N–H and O–H groups in total. The number of hydrogen-bond donors (Lipinski definition) is 0. The van der Waals surface area contributed by atoms with Crippen LogP contribution in [0.15, 0.2) is 30.3 Å². The fourth-order valence-corrected chi connectivity index (χ4v) is 5.34. The van der Waals surface area contributed by atoms with Gasteiger partial charge in [-0.2, -0.15) is 0 Å². The van der Waals surface area contributed by atoms with Gasteiger partial charge in [-0.1, -0.05) is 83.4 Å². The van der Waals surface area contributed by atoms with Crippen molar-refractivity contribution in [2.24, 2.45) is 11.8 Å². The lowest BCUT2D eigenvalue weighted by Crippen LogP contribution is -2.24. The highest BCUT2D eigenvalue weighted by Crippen LogP contribution is 2.33. The summed E-state index contributed by atoms with van der Waals surface area (Å²) < 4.78 is 5.85. The normalized spacial score (nSPS) is 23.9. The lowest BCUT2D eigenvalue weighted by atomic mass is 9.84. The van der Waals surface area contributed by atoms with Gasteiger partial charge in [0, 0.05) is 0 Å². The molecular weight excluding hydrogens is 380 g/mol. The molecule has 0 spiro atoms. The van der Waals surface area contributed by atoms with E-state index in [0.29, 0.717) is 5.56 Å². The van der Waals surface area contributed by atoms with Crippen molar-refractivity contribution in [1.29, 1.82) is 0 Å². The van der Waals surface area contributed by atoms with Gasteiger partial charge in [0.1, 0.15) is 6.10 Å². The summed E-state index contributed by atoms with van der Waals surface area (Å²) in [5.74, 6) is 1.57. The molecule has 1 aromatic rings. The number of allylic oxidation sites excluding steroid dienone is 2. The first-order valence-electron chi connectivity index (χ1n) is 13.2. The van der Waals surface area contributed by atoms with Gasteiger partial charge >= 0.3 is 5.97 Å². The highest BCUT2D eigenvalue weighted by Gasteiger charge is 2.24. The van der Waals surface area contributed by atoms with Crippen LogP contribution in [0, 0.1) is 11.8 Å². The fourth-order valence-electron chi connectivity index (χ4n) is 5.34. The second-order valence-corrected chi connectivity index (χ2v) is 9.99. The Morgan fingerprint density at radius 3 is 2.19 bits per heavy atom. The van der Waals surface area contributed by atoms with E-state index in [1.807, 2.05) is 12.1 Å². The molecule has 3 rings (SSSR count). The number of unbranched alkanes of at least 4 members (excludes halogenated alkanes) is 4. The van der Waals surface area contributed by atoms with E-state index in [1.54, 1.807) is 0 Å². The number of rotatable bonds is 11. The van der Waals surface area contributed by atoms with Crippen molar-refractivity contribution in [3.8, 4) is 0 Å². The van der Waals surface area contributed by atoms with Crippen LogP contribution >= 0.6 is 0 Å². The monoisotopic (exact) mass is 424 g/mol. The molecule has 2 aliphatic carbocycles. The van der Waals surface area contributed by atoms with Crippen molar-refractivity contribution >= 4 is 11.5 Å². The summed E-state index contributed by atoms with van der Waals surface area (Å²) in [6.45, 7) is 4.54. The van der Waals surface area contributed by atoms with Gasteiger partial charge < -0.3 is 4.74 Å². The van der Waals surface area contributed by atoms with Gasteiger partial charge in [0.25, 0.3) is 0 Å². The van der Waals surface area contributed by atoms with Crippen LogP contribution in [0.1, 0.15) is 126 Å². The van der Waals surface area contributed by atoms with Crippen molar-refractivity contribution in [3.05, 3.63) is 41.5 Å². The molecule has 2 aliphatic rings. The molecule has 0 radical (unpaired) electrons. The molecule has 0 saturated heterocycles. The van der Waals surface area contributed by atoms with Gasteiger partial charge in [-0.25, -0.2) is 4.79 Å². The van der Waals surface area contributed by atoms with E-state index < -0.39 is 0 Å². The van der Waals surface area contributed by atoms with Crippen molar-refractivity contribution < 1.29 is 9.53 Å². The maximum absolute atomic E-state index is 12.6. The first-order chi connectivity index (χ1) is 15.2. The Hall–Kier alpha value is -1.57. The summed E-state index contributed by atoms with van der Waals surface area (Å²) in [4.78, 5) is 12.6. The molecule has 2 nitrogen and oxygen atoms in total. The summed E-state index contributed by atoms with van der Waals surface area (Å²) in [7, 11) is 0. The minimum absolute atomic E-state index is 0.111. The Balaban J connectivity index is 1.41. The minimum Gasteiger partial charge on any atom is -0.459 e. The SMILES string of the molecule is CCCCCC[C@H]1CC[C@H](OC(=O)c2ccc(C3=CCC(CCCC)CC3)cc2)CC1. The standard InChI is InChI=1S/C29H44O2/c1-3-5-7-8-10-24-13-21-28(22-14-24)31-29(30)27-19-17-26(18-20-27)25-15-11-23(12-16-25)9-6-4-2/h15,17-20,23-24,28H,3-14,16,21-22H2,1-2H3/t23?,24-,28-. The molecule has 2 heteroatoms. The quantitative estimate of drug-likeness (QED) is 0.262. The Morgan fingerprint density at radius 2 is 1.55 bits per heavy atom. The zero-order chi connectivity index (χ0) is 21.9. The minimum atomic E-state index is -0.143. The topological polar surface area (TPSA) is 26.3 Å². The van der Waals surface area contributed by atoms with Gasteiger partial charge in [-0.05, 0) is 80.1 Å². The number of esters is 1. The number of carbonyl (C=O) groups excluding carboxylic acids is 1. The molecule has 1 aromatic carbocycles. The third kappa shape index (κ3) is 7.81. The predicted molar refractivity (Wildman–Crippen MR) is 131 cm³/mol. The lowest BCUT2D eigenvalue weighted by molar-refractivity contribution is 0.0161. The van der Waals surface area contributed by atoms with Crippen LogP contribution in [-0.4, -0.2) is 12.1 Å². The van der Waals surface area contributed by atoms with Gasteiger partial charge in [0.05, 0.1) is 5.56 Å². The molecule has 0 aliphatic heterocycles. The smallest absolute Gasteiger partial charge is 0.338 e. The molecule has 1 fully saturated rings. The molecular formula is C29H44O2. The molecule has 0 aromatic heterocycles. The van der Waals surface area contributed by atoms with Crippen LogP contribution in [0.5, 0.6) is 0 Å². The second-order valence-electron chi connectivity index (χ2n) is 9.99. The number of carbonyl (C=O) groups is 1. The molecule has 0 amide bonds. The molecule has 0 bridgehead atoms. The van der Waals surface area contributed by atoms with Crippen LogP contribution in [-0.2, 0) is 4.74 Å². The summed E-state index contributed by atoms with van der Waals surface area (Å²) >= 11 is 0. The Labute approximate surface area is 190 Å². The lowest BCUT2D eigenvalue weighted by Gasteiger charge is -2.28. The van der Waals surface area contributed by atoms with E-state index in [9.17, 15) is 4.79 Å². The second kappa shape index (κ2) is 13.1. The zero-order valence-corrected chi connectivity index (χ0v) is 20.0. The Kier molecular flexibility index (Phi) is 10.2. The molecule has 172 valence electrons. The molecule has 0 heterocycles. The summed E-state index contributed by atoms with van der Waals surface area (Å²) in [5, 5.41) is 0. The van der Waals surface area contributed by atoms with Crippen LogP contribution in [0.2, 0.25) is 0 Å². The predicted octanol–water partition coefficient (Wildman–Crippen LogP) is 8.75. The van der Waals surface area contributed by atoms with E-state index in [1.165, 1.54) is 94.6 Å². The van der Waals surface area contributed by atoms with Gasteiger partial charge in [0.15, 0.2) is 0 Å². The summed E-state index contributed by atoms with van der Waals surface area (Å²) in [5.41, 5.74) is 3.42. The van der Waals surface area contributed by atoms with E-state index in [0.717, 1.165) is 24.7 Å². The number of ether oxygens (including phenoxy) is 1. The van der Waals surface area contributed by atoms with Gasteiger partial charge in [-0.15, -0.1) is 0 Å². The molecule has 31 heavy (non-hydrogen) atoms.